The highest BCUT2D eigenvalue weighted by atomic mass is 32.1. The minimum Gasteiger partial charge on any atom is -0.353 e. The molecule has 0 saturated heterocycles. The molecule has 1 amide bonds. The second kappa shape index (κ2) is 6.87. The summed E-state index contributed by atoms with van der Waals surface area (Å²) >= 11 is 1.70. The van der Waals surface area contributed by atoms with E-state index in [4.69, 9.17) is 5.73 Å². The minimum atomic E-state index is -0.434. The van der Waals surface area contributed by atoms with Crippen molar-refractivity contribution in [1.82, 2.24) is 10.2 Å². The fourth-order valence-corrected chi connectivity index (χ4v) is 2.56. The predicted molar refractivity (Wildman–Crippen MR) is 76.6 cm³/mol. The van der Waals surface area contributed by atoms with Crippen molar-refractivity contribution < 1.29 is 4.79 Å². The van der Waals surface area contributed by atoms with E-state index in [9.17, 15) is 4.79 Å². The van der Waals surface area contributed by atoms with Crippen molar-refractivity contribution in [3.63, 3.8) is 0 Å². The standard InChI is InChI=1S/C13H23N3OS/c1-9(2)12(14)13(17)15-8-10(16(3)4)11-6-5-7-18-11/h5-7,9-10,12H,8,14H2,1-4H3,(H,15,17)/t10?,12-/m1/s1. The van der Waals surface area contributed by atoms with Crippen LogP contribution in [0.25, 0.3) is 0 Å². The molecule has 1 aromatic rings. The quantitative estimate of drug-likeness (QED) is 0.822. The molecule has 0 aliphatic heterocycles. The van der Waals surface area contributed by atoms with Crippen molar-refractivity contribution in [3.05, 3.63) is 22.4 Å². The van der Waals surface area contributed by atoms with Crippen molar-refractivity contribution in [2.75, 3.05) is 20.6 Å². The van der Waals surface area contributed by atoms with E-state index in [2.05, 4.69) is 16.3 Å². The molecule has 1 rings (SSSR count). The molecule has 18 heavy (non-hydrogen) atoms. The van der Waals surface area contributed by atoms with Crippen LogP contribution in [-0.2, 0) is 4.79 Å². The summed E-state index contributed by atoms with van der Waals surface area (Å²) in [6, 6.07) is 3.88. The second-order valence-electron chi connectivity index (χ2n) is 5.01. The number of amides is 1. The van der Waals surface area contributed by atoms with Gasteiger partial charge in [-0.25, -0.2) is 0 Å². The van der Waals surface area contributed by atoms with Gasteiger partial charge in [-0.3, -0.25) is 4.79 Å². The van der Waals surface area contributed by atoms with Crippen LogP contribution in [0.3, 0.4) is 0 Å². The molecule has 0 radical (unpaired) electrons. The largest absolute Gasteiger partial charge is 0.353 e. The van der Waals surface area contributed by atoms with Crippen molar-refractivity contribution >= 4 is 17.2 Å². The molecule has 0 spiro atoms. The van der Waals surface area contributed by atoms with Gasteiger partial charge in [0.2, 0.25) is 5.91 Å². The Balaban J connectivity index is 2.57. The summed E-state index contributed by atoms with van der Waals surface area (Å²) in [7, 11) is 4.03. The zero-order valence-corrected chi connectivity index (χ0v) is 12.3. The molecule has 0 fully saturated rings. The van der Waals surface area contributed by atoms with Crippen LogP contribution in [0, 0.1) is 5.92 Å². The fraction of sp³-hybridized carbons (Fsp3) is 0.615. The summed E-state index contributed by atoms with van der Waals surface area (Å²) in [4.78, 5) is 15.2. The van der Waals surface area contributed by atoms with Crippen molar-refractivity contribution in [2.45, 2.75) is 25.9 Å². The maximum atomic E-state index is 11.8. The van der Waals surface area contributed by atoms with Crippen LogP contribution in [0.5, 0.6) is 0 Å². The van der Waals surface area contributed by atoms with Crippen molar-refractivity contribution in [2.24, 2.45) is 11.7 Å². The van der Waals surface area contributed by atoms with Crippen LogP contribution < -0.4 is 11.1 Å². The Morgan fingerprint density at radius 1 is 1.50 bits per heavy atom. The van der Waals surface area contributed by atoms with Crippen LogP contribution in [0.4, 0.5) is 0 Å². The lowest BCUT2D eigenvalue weighted by atomic mass is 10.0. The van der Waals surface area contributed by atoms with Crippen LogP contribution >= 0.6 is 11.3 Å². The first kappa shape index (κ1) is 15.1. The number of carbonyl (C=O) groups is 1. The highest BCUT2D eigenvalue weighted by molar-refractivity contribution is 7.10. The molecule has 1 unspecified atom stereocenters. The second-order valence-corrected chi connectivity index (χ2v) is 5.99. The molecule has 0 bridgehead atoms. The van der Waals surface area contributed by atoms with Crippen LogP contribution in [0.1, 0.15) is 24.8 Å². The topological polar surface area (TPSA) is 58.4 Å². The summed E-state index contributed by atoms with van der Waals surface area (Å²) in [5.74, 6) is 0.0814. The van der Waals surface area contributed by atoms with Gasteiger partial charge < -0.3 is 16.0 Å². The number of nitrogens with two attached hydrogens (primary N) is 1. The highest BCUT2D eigenvalue weighted by Crippen LogP contribution is 2.22. The normalized spacial score (nSPS) is 14.8. The van der Waals surface area contributed by atoms with Gasteiger partial charge in [0.15, 0.2) is 0 Å². The van der Waals surface area contributed by atoms with Gasteiger partial charge in [-0.2, -0.15) is 0 Å². The highest BCUT2D eigenvalue weighted by Gasteiger charge is 2.20. The molecule has 0 saturated carbocycles. The van der Waals surface area contributed by atoms with Gasteiger partial charge in [-0.1, -0.05) is 19.9 Å². The number of rotatable bonds is 6. The number of hydrogen-bond acceptors (Lipinski definition) is 4. The summed E-state index contributed by atoms with van der Waals surface area (Å²) in [5.41, 5.74) is 5.82. The summed E-state index contributed by atoms with van der Waals surface area (Å²) in [5, 5.41) is 4.98. The average molecular weight is 269 g/mol. The maximum Gasteiger partial charge on any atom is 0.237 e. The Kier molecular flexibility index (Phi) is 5.78. The van der Waals surface area contributed by atoms with E-state index in [0.717, 1.165) is 0 Å². The van der Waals surface area contributed by atoms with Gasteiger partial charge >= 0.3 is 0 Å². The van der Waals surface area contributed by atoms with Crippen molar-refractivity contribution in [1.29, 1.82) is 0 Å². The van der Waals surface area contributed by atoms with E-state index in [-0.39, 0.29) is 17.9 Å². The number of hydrogen-bond donors (Lipinski definition) is 2. The Morgan fingerprint density at radius 2 is 2.17 bits per heavy atom. The van der Waals surface area contributed by atoms with Crippen LogP contribution in [0.15, 0.2) is 17.5 Å². The summed E-state index contributed by atoms with van der Waals surface area (Å²) in [6.07, 6.45) is 0. The number of carbonyl (C=O) groups excluding carboxylic acids is 1. The van der Waals surface area contributed by atoms with Crippen LogP contribution in [-0.4, -0.2) is 37.5 Å². The van der Waals surface area contributed by atoms with Crippen molar-refractivity contribution in [3.8, 4) is 0 Å². The number of thiophene rings is 1. The van der Waals surface area contributed by atoms with E-state index >= 15 is 0 Å². The molecule has 1 aromatic heterocycles. The van der Waals surface area contributed by atoms with Gasteiger partial charge in [0.25, 0.3) is 0 Å². The van der Waals surface area contributed by atoms with Crippen LogP contribution in [0.2, 0.25) is 0 Å². The molecular formula is C13H23N3OS. The molecule has 5 heteroatoms. The molecular weight excluding hydrogens is 246 g/mol. The third-order valence-corrected chi connectivity index (χ3v) is 3.96. The first-order valence-electron chi connectivity index (χ1n) is 6.16. The third kappa shape index (κ3) is 4.08. The predicted octanol–water partition coefficient (Wildman–Crippen LogP) is 1.45. The van der Waals surface area contributed by atoms with E-state index in [1.807, 2.05) is 39.4 Å². The van der Waals surface area contributed by atoms with E-state index in [0.29, 0.717) is 6.54 Å². The number of nitrogens with zero attached hydrogens (tertiary/aromatic N) is 1. The SMILES string of the molecule is CC(C)[C@@H](N)C(=O)NCC(c1cccs1)N(C)C. The van der Waals surface area contributed by atoms with Gasteiger partial charge in [-0.15, -0.1) is 11.3 Å². The zero-order chi connectivity index (χ0) is 13.7. The lowest BCUT2D eigenvalue weighted by molar-refractivity contribution is -0.123. The Hall–Kier alpha value is -0.910. The minimum absolute atomic E-state index is 0.0755. The number of likely N-dealkylation sites (N-methyl/N-ethyl adjacent to an activating group) is 1. The molecule has 0 aromatic carbocycles. The molecule has 0 aliphatic carbocycles. The van der Waals surface area contributed by atoms with Gasteiger partial charge in [0.05, 0.1) is 12.1 Å². The third-order valence-electron chi connectivity index (χ3n) is 2.99. The monoisotopic (exact) mass is 269 g/mol. The molecule has 3 N–H and O–H groups in total. The van der Waals surface area contributed by atoms with E-state index in [1.54, 1.807) is 11.3 Å². The van der Waals surface area contributed by atoms with Gasteiger partial charge in [-0.05, 0) is 31.5 Å². The first-order chi connectivity index (χ1) is 8.43. The summed E-state index contributed by atoms with van der Waals surface area (Å²) < 4.78 is 0. The average Bonchev–Trinajstić information content (AvgIpc) is 2.81. The number of nitrogens with one attached hydrogen (secondary N) is 1. The fourth-order valence-electron chi connectivity index (χ4n) is 1.64. The summed E-state index contributed by atoms with van der Waals surface area (Å²) in [6.45, 7) is 4.49. The molecule has 102 valence electrons. The Labute approximate surface area is 113 Å². The zero-order valence-electron chi connectivity index (χ0n) is 11.5. The Morgan fingerprint density at radius 3 is 2.61 bits per heavy atom. The Bertz CT molecular complexity index is 362. The van der Waals surface area contributed by atoms with E-state index in [1.165, 1.54) is 4.88 Å². The first-order valence-corrected chi connectivity index (χ1v) is 7.04. The smallest absolute Gasteiger partial charge is 0.237 e. The van der Waals surface area contributed by atoms with Gasteiger partial charge in [0.1, 0.15) is 0 Å². The van der Waals surface area contributed by atoms with E-state index < -0.39 is 6.04 Å². The lowest BCUT2D eigenvalue weighted by Gasteiger charge is -2.25. The lowest BCUT2D eigenvalue weighted by Crippen LogP contribution is -2.46. The maximum absolute atomic E-state index is 11.8. The molecule has 0 aliphatic rings. The van der Waals surface area contributed by atoms with Gasteiger partial charge in [0, 0.05) is 11.4 Å². The molecule has 4 nitrogen and oxygen atoms in total. The molecule has 2 atom stereocenters. The molecule has 1 heterocycles.